The molecule has 3 aromatic rings. The first-order valence-corrected chi connectivity index (χ1v) is 8.94. The van der Waals surface area contributed by atoms with Gasteiger partial charge in [0.05, 0.1) is 6.20 Å². The van der Waals surface area contributed by atoms with Crippen molar-refractivity contribution in [2.24, 2.45) is 7.05 Å². The van der Waals surface area contributed by atoms with E-state index in [1.54, 1.807) is 0 Å². The third-order valence-corrected chi connectivity index (χ3v) is 4.84. The van der Waals surface area contributed by atoms with Gasteiger partial charge in [0.25, 0.3) is 0 Å². The van der Waals surface area contributed by atoms with Crippen LogP contribution in [0.15, 0.2) is 60.9 Å². The lowest BCUT2D eigenvalue weighted by Gasteiger charge is -2.19. The lowest BCUT2D eigenvalue weighted by Crippen LogP contribution is -2.20. The van der Waals surface area contributed by atoms with Gasteiger partial charge in [-0.05, 0) is 41.7 Å². The van der Waals surface area contributed by atoms with Gasteiger partial charge < -0.3 is 10.6 Å². The molecule has 0 saturated heterocycles. The zero-order valence-electron chi connectivity index (χ0n) is 14.6. The molecule has 0 amide bonds. The van der Waals surface area contributed by atoms with Gasteiger partial charge in [-0.1, -0.05) is 36.4 Å². The van der Waals surface area contributed by atoms with E-state index >= 15 is 0 Å². The fourth-order valence-corrected chi connectivity index (χ4v) is 3.53. The van der Waals surface area contributed by atoms with E-state index in [1.807, 2.05) is 17.9 Å². The van der Waals surface area contributed by atoms with Gasteiger partial charge in [0.1, 0.15) is 0 Å². The van der Waals surface area contributed by atoms with Crippen LogP contribution in [0.25, 0.3) is 11.1 Å². The summed E-state index contributed by atoms with van der Waals surface area (Å²) in [6.45, 7) is 1.92. The first kappa shape index (κ1) is 15.9. The summed E-state index contributed by atoms with van der Waals surface area (Å²) in [5.74, 6) is 0. The van der Waals surface area contributed by atoms with Crippen molar-refractivity contribution in [3.8, 4) is 11.1 Å². The Hall–Kier alpha value is -2.59. The monoisotopic (exact) mass is 332 g/mol. The Bertz CT molecular complexity index is 852. The molecular formula is C21H24N4. The van der Waals surface area contributed by atoms with Crippen LogP contribution >= 0.6 is 0 Å². The van der Waals surface area contributed by atoms with Crippen LogP contribution < -0.4 is 10.6 Å². The minimum atomic E-state index is 0.397. The lowest BCUT2D eigenvalue weighted by molar-refractivity contribution is 0.497. The number of rotatable bonds is 4. The molecule has 4 nitrogen and oxygen atoms in total. The predicted octanol–water partition coefficient (Wildman–Crippen LogP) is 4.12. The summed E-state index contributed by atoms with van der Waals surface area (Å²) in [7, 11) is 1.95. The highest BCUT2D eigenvalue weighted by atomic mass is 15.2. The Labute approximate surface area is 148 Å². The molecule has 0 radical (unpaired) electrons. The van der Waals surface area contributed by atoms with Gasteiger partial charge in [-0.3, -0.25) is 4.68 Å². The first-order chi connectivity index (χ1) is 12.3. The second-order valence-corrected chi connectivity index (χ2v) is 6.69. The minimum absolute atomic E-state index is 0.397. The average Bonchev–Trinajstić information content (AvgIpc) is 2.97. The largest absolute Gasteiger partial charge is 0.385 e. The zero-order valence-corrected chi connectivity index (χ0v) is 14.6. The van der Waals surface area contributed by atoms with Crippen molar-refractivity contribution in [3.05, 3.63) is 72.1 Å². The van der Waals surface area contributed by atoms with Crippen LogP contribution in [-0.4, -0.2) is 16.3 Å². The van der Waals surface area contributed by atoms with Gasteiger partial charge in [-0.2, -0.15) is 5.10 Å². The van der Waals surface area contributed by atoms with Crippen LogP contribution in [-0.2, 0) is 13.6 Å². The normalized spacial score (nSPS) is 16.8. The number of nitrogens with one attached hydrogen (secondary N) is 2. The molecule has 1 aliphatic heterocycles. The third kappa shape index (κ3) is 3.59. The highest BCUT2D eigenvalue weighted by Gasteiger charge is 2.17. The predicted molar refractivity (Wildman–Crippen MR) is 102 cm³/mol. The quantitative estimate of drug-likeness (QED) is 0.755. The van der Waals surface area contributed by atoms with E-state index in [-0.39, 0.29) is 0 Å². The van der Waals surface area contributed by atoms with Crippen LogP contribution in [0.2, 0.25) is 0 Å². The van der Waals surface area contributed by atoms with Gasteiger partial charge in [-0.25, -0.2) is 0 Å². The summed E-state index contributed by atoms with van der Waals surface area (Å²) in [5.41, 5.74) is 6.32. The van der Waals surface area contributed by atoms with Crippen LogP contribution in [0.3, 0.4) is 0 Å². The number of fused-ring (bicyclic) bond motifs is 1. The SMILES string of the molecule is Cn1cc(-c2cccc(CNC3CCCNc4ccccc43)c2)cn1. The highest BCUT2D eigenvalue weighted by molar-refractivity contribution is 5.62. The molecule has 1 aromatic heterocycles. The van der Waals surface area contributed by atoms with Crippen molar-refractivity contribution in [3.63, 3.8) is 0 Å². The second kappa shape index (κ2) is 7.11. The third-order valence-electron chi connectivity index (χ3n) is 4.84. The molecule has 2 aromatic carbocycles. The Morgan fingerprint density at radius 2 is 2.08 bits per heavy atom. The van der Waals surface area contributed by atoms with Gasteiger partial charge in [0.2, 0.25) is 0 Å². The number of aromatic nitrogens is 2. The van der Waals surface area contributed by atoms with Crippen molar-refractivity contribution in [1.29, 1.82) is 0 Å². The van der Waals surface area contributed by atoms with Crippen molar-refractivity contribution >= 4 is 5.69 Å². The molecule has 4 heteroatoms. The molecule has 1 atom stereocenters. The number of para-hydroxylation sites is 1. The summed E-state index contributed by atoms with van der Waals surface area (Å²) in [6, 6.07) is 17.8. The van der Waals surface area contributed by atoms with Crippen LogP contribution in [0, 0.1) is 0 Å². The molecule has 0 fully saturated rings. The molecule has 2 heterocycles. The van der Waals surface area contributed by atoms with Crippen molar-refractivity contribution in [2.45, 2.75) is 25.4 Å². The van der Waals surface area contributed by atoms with E-state index in [0.29, 0.717) is 6.04 Å². The standard InChI is InChI=1S/C21H24N4/c1-25-15-18(14-24-25)17-7-4-6-16(12-17)13-23-21-10-5-11-22-20-9-3-2-8-19(20)21/h2-4,6-9,12,14-15,21-23H,5,10-11,13H2,1H3. The van der Waals surface area contributed by atoms with Crippen LogP contribution in [0.1, 0.15) is 30.0 Å². The Morgan fingerprint density at radius 1 is 1.16 bits per heavy atom. The fraction of sp³-hybridized carbons (Fsp3) is 0.286. The van der Waals surface area contributed by atoms with Crippen LogP contribution in [0.5, 0.6) is 0 Å². The summed E-state index contributed by atoms with van der Waals surface area (Å²) in [4.78, 5) is 0. The Kier molecular flexibility index (Phi) is 4.53. The van der Waals surface area contributed by atoms with E-state index < -0.39 is 0 Å². The molecule has 0 aliphatic carbocycles. The maximum absolute atomic E-state index is 4.27. The summed E-state index contributed by atoms with van der Waals surface area (Å²) in [6.07, 6.45) is 6.31. The topological polar surface area (TPSA) is 41.9 Å². The van der Waals surface area contributed by atoms with Gasteiger partial charge in [0.15, 0.2) is 0 Å². The number of aryl methyl sites for hydroxylation is 1. The first-order valence-electron chi connectivity index (χ1n) is 8.94. The maximum Gasteiger partial charge on any atom is 0.0568 e. The number of nitrogens with zero attached hydrogens (tertiary/aromatic N) is 2. The molecule has 1 aliphatic rings. The van der Waals surface area contributed by atoms with E-state index in [0.717, 1.165) is 25.1 Å². The van der Waals surface area contributed by atoms with E-state index in [9.17, 15) is 0 Å². The van der Waals surface area contributed by atoms with Crippen molar-refractivity contribution < 1.29 is 0 Å². The smallest absolute Gasteiger partial charge is 0.0568 e. The van der Waals surface area contributed by atoms with Crippen LogP contribution in [0.4, 0.5) is 5.69 Å². The second-order valence-electron chi connectivity index (χ2n) is 6.69. The zero-order chi connectivity index (χ0) is 17.1. The number of hydrogen-bond acceptors (Lipinski definition) is 3. The summed E-state index contributed by atoms with van der Waals surface area (Å²) >= 11 is 0. The Morgan fingerprint density at radius 3 is 2.96 bits per heavy atom. The molecule has 128 valence electrons. The van der Waals surface area contributed by atoms with Gasteiger partial charge in [-0.15, -0.1) is 0 Å². The minimum Gasteiger partial charge on any atom is -0.385 e. The lowest BCUT2D eigenvalue weighted by atomic mass is 10.0. The average molecular weight is 332 g/mol. The molecule has 0 spiro atoms. The molecule has 0 bridgehead atoms. The molecule has 25 heavy (non-hydrogen) atoms. The molecule has 0 saturated carbocycles. The van der Waals surface area contributed by atoms with E-state index in [2.05, 4.69) is 70.5 Å². The van der Waals surface area contributed by atoms with Crippen molar-refractivity contribution in [2.75, 3.05) is 11.9 Å². The number of anilines is 1. The van der Waals surface area contributed by atoms with E-state index in [4.69, 9.17) is 0 Å². The molecule has 2 N–H and O–H groups in total. The van der Waals surface area contributed by atoms with E-state index in [1.165, 1.54) is 28.8 Å². The molecule has 1 unspecified atom stereocenters. The molecular weight excluding hydrogens is 308 g/mol. The van der Waals surface area contributed by atoms with Gasteiger partial charge >= 0.3 is 0 Å². The fourth-order valence-electron chi connectivity index (χ4n) is 3.53. The summed E-state index contributed by atoms with van der Waals surface area (Å²) < 4.78 is 1.84. The number of benzene rings is 2. The Balaban J connectivity index is 1.50. The molecule has 4 rings (SSSR count). The summed E-state index contributed by atoms with van der Waals surface area (Å²) in [5, 5.41) is 11.6. The van der Waals surface area contributed by atoms with Crippen molar-refractivity contribution in [1.82, 2.24) is 15.1 Å². The van der Waals surface area contributed by atoms with Gasteiger partial charge in [0, 0.05) is 43.6 Å². The number of hydrogen-bond donors (Lipinski definition) is 2. The highest BCUT2D eigenvalue weighted by Crippen LogP contribution is 2.29. The maximum atomic E-state index is 4.27.